The molecular weight excluding hydrogens is 312 g/mol. The molecule has 1 saturated carbocycles. The normalized spacial score (nSPS) is 15.8. The highest BCUT2D eigenvalue weighted by Gasteiger charge is 2.26. The standard InChI is InChI=1S/C13H17ClN4O2S/c1-9(2)13-16-12(21(14,19)20)7-17(13)6-11-5-15-8-18(11)10-3-4-10/h5,7-10H,3-4,6H2,1-2H3. The van der Waals surface area contributed by atoms with Crippen LogP contribution in [0, 0.1) is 0 Å². The number of rotatable bonds is 5. The highest BCUT2D eigenvalue weighted by Crippen LogP contribution is 2.36. The Morgan fingerprint density at radius 2 is 2.14 bits per heavy atom. The van der Waals surface area contributed by atoms with Crippen molar-refractivity contribution in [3.05, 3.63) is 30.2 Å². The van der Waals surface area contributed by atoms with Gasteiger partial charge < -0.3 is 9.13 Å². The Labute approximate surface area is 128 Å². The van der Waals surface area contributed by atoms with E-state index < -0.39 is 9.05 Å². The molecule has 0 unspecified atom stereocenters. The van der Waals surface area contributed by atoms with Crippen LogP contribution in [0.25, 0.3) is 0 Å². The third-order valence-corrected chi connectivity index (χ3v) is 4.74. The summed E-state index contributed by atoms with van der Waals surface area (Å²) in [5.41, 5.74) is 1.05. The van der Waals surface area contributed by atoms with E-state index in [1.165, 1.54) is 19.0 Å². The van der Waals surface area contributed by atoms with Crippen molar-refractivity contribution in [2.75, 3.05) is 0 Å². The molecule has 0 amide bonds. The minimum Gasteiger partial charge on any atom is -0.330 e. The molecule has 21 heavy (non-hydrogen) atoms. The summed E-state index contributed by atoms with van der Waals surface area (Å²) in [7, 11) is 1.59. The maximum atomic E-state index is 11.5. The Kier molecular flexibility index (Phi) is 3.57. The van der Waals surface area contributed by atoms with Crippen LogP contribution in [-0.2, 0) is 15.6 Å². The van der Waals surface area contributed by atoms with Crippen molar-refractivity contribution in [3.63, 3.8) is 0 Å². The highest BCUT2D eigenvalue weighted by molar-refractivity contribution is 8.13. The van der Waals surface area contributed by atoms with Gasteiger partial charge in [-0.1, -0.05) is 13.8 Å². The summed E-state index contributed by atoms with van der Waals surface area (Å²) in [6.07, 6.45) is 7.49. The van der Waals surface area contributed by atoms with Gasteiger partial charge in [-0.15, -0.1) is 0 Å². The first kappa shape index (κ1) is 14.6. The Morgan fingerprint density at radius 1 is 1.43 bits per heavy atom. The maximum absolute atomic E-state index is 11.5. The van der Waals surface area contributed by atoms with E-state index in [1.54, 1.807) is 0 Å². The van der Waals surface area contributed by atoms with Crippen molar-refractivity contribution in [2.45, 2.75) is 50.2 Å². The van der Waals surface area contributed by atoms with Gasteiger partial charge in [0.15, 0.2) is 5.03 Å². The minimum absolute atomic E-state index is 0.0923. The van der Waals surface area contributed by atoms with Crippen LogP contribution in [-0.4, -0.2) is 27.5 Å². The zero-order valence-electron chi connectivity index (χ0n) is 11.9. The minimum atomic E-state index is -3.81. The molecule has 2 aromatic heterocycles. The smallest absolute Gasteiger partial charge is 0.280 e. The van der Waals surface area contributed by atoms with E-state index in [0.717, 1.165) is 5.69 Å². The van der Waals surface area contributed by atoms with E-state index in [2.05, 4.69) is 14.5 Å². The Hall–Kier alpha value is -1.34. The molecule has 2 aromatic rings. The number of hydrogen-bond acceptors (Lipinski definition) is 4. The number of hydrogen-bond donors (Lipinski definition) is 0. The number of aromatic nitrogens is 4. The molecule has 8 heteroatoms. The molecular formula is C13H17ClN4O2S. The van der Waals surface area contributed by atoms with Crippen LogP contribution < -0.4 is 0 Å². The van der Waals surface area contributed by atoms with Gasteiger partial charge in [0.25, 0.3) is 9.05 Å². The summed E-state index contributed by atoms with van der Waals surface area (Å²) in [4.78, 5) is 8.36. The Bertz CT molecular complexity index is 759. The fraction of sp³-hybridized carbons (Fsp3) is 0.538. The first-order chi connectivity index (χ1) is 9.86. The largest absolute Gasteiger partial charge is 0.330 e. The van der Waals surface area contributed by atoms with Gasteiger partial charge in [0.05, 0.1) is 18.6 Å². The quantitative estimate of drug-likeness (QED) is 0.791. The van der Waals surface area contributed by atoms with Crippen LogP contribution in [0.3, 0.4) is 0 Å². The van der Waals surface area contributed by atoms with Crippen molar-refractivity contribution < 1.29 is 8.42 Å². The monoisotopic (exact) mass is 328 g/mol. The van der Waals surface area contributed by atoms with Crippen molar-refractivity contribution >= 4 is 19.7 Å². The summed E-state index contributed by atoms with van der Waals surface area (Å²) in [6, 6.07) is 0.532. The zero-order chi connectivity index (χ0) is 15.2. The fourth-order valence-electron chi connectivity index (χ4n) is 2.42. The van der Waals surface area contributed by atoms with Crippen molar-refractivity contribution in [1.29, 1.82) is 0 Å². The second kappa shape index (κ2) is 5.14. The van der Waals surface area contributed by atoms with E-state index in [4.69, 9.17) is 10.7 Å². The molecule has 0 N–H and O–H groups in total. The van der Waals surface area contributed by atoms with Crippen LogP contribution in [0.4, 0.5) is 0 Å². The van der Waals surface area contributed by atoms with Crippen LogP contribution in [0.2, 0.25) is 0 Å². The third-order valence-electron chi connectivity index (χ3n) is 3.57. The lowest BCUT2D eigenvalue weighted by atomic mass is 10.2. The van der Waals surface area contributed by atoms with E-state index in [1.807, 2.05) is 30.9 Å². The molecule has 0 saturated heterocycles. The SMILES string of the molecule is CC(C)c1nc(S(=O)(=O)Cl)cn1Cc1cncn1C1CC1. The maximum Gasteiger partial charge on any atom is 0.280 e. The van der Waals surface area contributed by atoms with Crippen molar-refractivity contribution in [2.24, 2.45) is 0 Å². The van der Waals surface area contributed by atoms with Gasteiger partial charge in [-0.05, 0) is 12.8 Å². The van der Waals surface area contributed by atoms with E-state index in [-0.39, 0.29) is 10.9 Å². The predicted octanol–water partition coefficient (Wildman–Crippen LogP) is 2.51. The van der Waals surface area contributed by atoms with Crippen LogP contribution in [0.1, 0.15) is 50.2 Å². The summed E-state index contributed by atoms with van der Waals surface area (Å²) < 4.78 is 27.0. The van der Waals surface area contributed by atoms with Gasteiger partial charge in [0.1, 0.15) is 5.82 Å². The average molecular weight is 329 g/mol. The van der Waals surface area contributed by atoms with Crippen molar-refractivity contribution in [1.82, 2.24) is 19.1 Å². The molecule has 2 heterocycles. The molecule has 0 spiro atoms. The van der Waals surface area contributed by atoms with Gasteiger partial charge in [-0.3, -0.25) is 0 Å². The molecule has 1 aliphatic carbocycles. The molecule has 0 radical (unpaired) electrons. The lowest BCUT2D eigenvalue weighted by Crippen LogP contribution is -2.09. The Morgan fingerprint density at radius 3 is 2.71 bits per heavy atom. The summed E-state index contributed by atoms with van der Waals surface area (Å²) in [5.74, 6) is 0.812. The molecule has 114 valence electrons. The third kappa shape index (κ3) is 2.98. The molecule has 1 fully saturated rings. The molecule has 0 atom stereocenters. The van der Waals surface area contributed by atoms with Gasteiger partial charge in [0, 0.05) is 35.0 Å². The second-order valence-corrected chi connectivity index (χ2v) is 8.19. The molecule has 6 nitrogen and oxygen atoms in total. The molecule has 3 rings (SSSR count). The fourth-order valence-corrected chi connectivity index (χ4v) is 3.10. The molecule has 0 bridgehead atoms. The molecule has 0 aromatic carbocycles. The lowest BCUT2D eigenvalue weighted by molar-refractivity contribution is 0.606. The van der Waals surface area contributed by atoms with E-state index in [9.17, 15) is 8.42 Å². The summed E-state index contributed by atoms with van der Waals surface area (Å²) >= 11 is 0. The Balaban J connectivity index is 1.97. The molecule has 0 aliphatic heterocycles. The van der Waals surface area contributed by atoms with Gasteiger partial charge in [-0.25, -0.2) is 18.4 Å². The summed E-state index contributed by atoms with van der Waals surface area (Å²) in [6.45, 7) is 4.49. The van der Waals surface area contributed by atoms with Gasteiger partial charge in [-0.2, -0.15) is 0 Å². The van der Waals surface area contributed by atoms with E-state index >= 15 is 0 Å². The number of nitrogens with zero attached hydrogens (tertiary/aromatic N) is 4. The molecule has 1 aliphatic rings. The first-order valence-corrected chi connectivity index (χ1v) is 9.19. The van der Waals surface area contributed by atoms with Gasteiger partial charge >= 0.3 is 0 Å². The highest BCUT2D eigenvalue weighted by atomic mass is 35.7. The number of halogens is 1. The van der Waals surface area contributed by atoms with Crippen LogP contribution in [0.15, 0.2) is 23.7 Å². The van der Waals surface area contributed by atoms with Crippen LogP contribution in [0.5, 0.6) is 0 Å². The average Bonchev–Trinajstić information content (AvgIpc) is 2.96. The zero-order valence-corrected chi connectivity index (χ0v) is 13.5. The second-order valence-electron chi connectivity index (χ2n) is 5.68. The van der Waals surface area contributed by atoms with Crippen LogP contribution >= 0.6 is 10.7 Å². The number of imidazole rings is 2. The lowest BCUT2D eigenvalue weighted by Gasteiger charge is -2.11. The van der Waals surface area contributed by atoms with E-state index in [0.29, 0.717) is 18.4 Å². The van der Waals surface area contributed by atoms with Crippen molar-refractivity contribution in [3.8, 4) is 0 Å². The topological polar surface area (TPSA) is 69.8 Å². The predicted molar refractivity (Wildman–Crippen MR) is 79.0 cm³/mol. The first-order valence-electron chi connectivity index (χ1n) is 6.88. The van der Waals surface area contributed by atoms with Gasteiger partial charge in [0.2, 0.25) is 0 Å². The summed E-state index contributed by atoms with van der Waals surface area (Å²) in [5, 5.41) is -0.0923.